The topological polar surface area (TPSA) is 32.3 Å². The van der Waals surface area contributed by atoms with Crippen LogP contribution in [-0.2, 0) is 6.54 Å². The summed E-state index contributed by atoms with van der Waals surface area (Å²) in [5.74, 6) is 0.0501. The Morgan fingerprint density at radius 1 is 1.04 bits per heavy atom. The van der Waals surface area contributed by atoms with Gasteiger partial charge in [-0.25, -0.2) is 0 Å². The normalized spacial score (nSPS) is 18.7. The summed E-state index contributed by atoms with van der Waals surface area (Å²) in [6.45, 7) is 4.17. The van der Waals surface area contributed by atoms with Gasteiger partial charge in [0.2, 0.25) is 0 Å². The minimum atomic E-state index is 0.0501. The van der Waals surface area contributed by atoms with Crippen molar-refractivity contribution >= 4 is 5.91 Å². The fourth-order valence-corrected chi connectivity index (χ4v) is 3.53. The minimum absolute atomic E-state index is 0.0501. The second kappa shape index (κ2) is 8.30. The first-order valence-electron chi connectivity index (χ1n) is 9.09. The molecule has 0 atom stereocenters. The van der Waals surface area contributed by atoms with Crippen LogP contribution in [0.1, 0.15) is 60.9 Å². The van der Waals surface area contributed by atoms with E-state index in [9.17, 15) is 4.79 Å². The van der Waals surface area contributed by atoms with Gasteiger partial charge in [-0.2, -0.15) is 0 Å². The van der Waals surface area contributed by atoms with Crippen LogP contribution in [0.2, 0.25) is 0 Å². The van der Waals surface area contributed by atoms with Crippen LogP contribution in [0, 0.1) is 0 Å². The third kappa shape index (κ3) is 4.93. The Kier molecular flexibility index (Phi) is 5.87. The van der Waals surface area contributed by atoms with Crippen molar-refractivity contribution in [3.05, 3.63) is 47.0 Å². The molecule has 3 rings (SSSR count). The standard InChI is InChI=1S/C20H28N2O/c23-20(21-13-12-17-6-2-1-3-7-17)19-10-8-18(9-11-19)16-22-14-4-5-15-22/h6,8-11H,1-5,7,12-16H2,(H,21,23). The van der Waals surface area contributed by atoms with E-state index in [4.69, 9.17) is 0 Å². The van der Waals surface area contributed by atoms with Crippen LogP contribution in [-0.4, -0.2) is 30.4 Å². The van der Waals surface area contributed by atoms with Crippen molar-refractivity contribution in [2.75, 3.05) is 19.6 Å². The van der Waals surface area contributed by atoms with E-state index < -0.39 is 0 Å². The Balaban J connectivity index is 1.44. The second-order valence-electron chi connectivity index (χ2n) is 6.79. The van der Waals surface area contributed by atoms with Crippen LogP contribution >= 0.6 is 0 Å². The largest absolute Gasteiger partial charge is 0.352 e. The molecule has 2 aliphatic rings. The maximum atomic E-state index is 12.2. The summed E-state index contributed by atoms with van der Waals surface area (Å²) in [6, 6.07) is 8.11. The quantitative estimate of drug-likeness (QED) is 0.808. The predicted molar refractivity (Wildman–Crippen MR) is 94.5 cm³/mol. The van der Waals surface area contributed by atoms with Gasteiger partial charge in [0.1, 0.15) is 0 Å². The summed E-state index contributed by atoms with van der Waals surface area (Å²) in [5.41, 5.74) is 3.58. The molecule has 1 aromatic rings. The van der Waals surface area contributed by atoms with E-state index in [-0.39, 0.29) is 5.91 Å². The van der Waals surface area contributed by atoms with E-state index in [1.54, 1.807) is 0 Å². The molecule has 23 heavy (non-hydrogen) atoms. The van der Waals surface area contributed by atoms with Gasteiger partial charge in [-0.1, -0.05) is 23.8 Å². The fourth-order valence-electron chi connectivity index (χ4n) is 3.53. The molecule has 0 saturated carbocycles. The molecule has 1 heterocycles. The third-order valence-corrected chi connectivity index (χ3v) is 4.94. The molecule has 1 aliphatic carbocycles. The summed E-state index contributed by atoms with van der Waals surface area (Å²) in [5, 5.41) is 3.05. The van der Waals surface area contributed by atoms with Crippen LogP contribution in [0.5, 0.6) is 0 Å². The molecule has 3 heteroatoms. The Hall–Kier alpha value is -1.61. The van der Waals surface area contributed by atoms with Gasteiger partial charge in [0.15, 0.2) is 0 Å². The van der Waals surface area contributed by atoms with Gasteiger partial charge < -0.3 is 5.32 Å². The number of hydrogen-bond donors (Lipinski definition) is 1. The lowest BCUT2D eigenvalue weighted by Crippen LogP contribution is -2.25. The van der Waals surface area contributed by atoms with Crippen LogP contribution in [0.3, 0.4) is 0 Å². The van der Waals surface area contributed by atoms with Gasteiger partial charge >= 0.3 is 0 Å². The van der Waals surface area contributed by atoms with Crippen LogP contribution in [0.25, 0.3) is 0 Å². The molecule has 1 N–H and O–H groups in total. The highest BCUT2D eigenvalue weighted by Gasteiger charge is 2.12. The number of allylic oxidation sites excluding steroid dienone is 1. The number of nitrogens with zero attached hydrogens (tertiary/aromatic N) is 1. The van der Waals surface area contributed by atoms with Crippen LogP contribution in [0.15, 0.2) is 35.9 Å². The highest BCUT2D eigenvalue weighted by atomic mass is 16.1. The monoisotopic (exact) mass is 312 g/mol. The highest BCUT2D eigenvalue weighted by molar-refractivity contribution is 5.94. The molecule has 0 unspecified atom stereocenters. The average Bonchev–Trinajstić information content (AvgIpc) is 3.09. The van der Waals surface area contributed by atoms with Crippen molar-refractivity contribution in [2.24, 2.45) is 0 Å². The first kappa shape index (κ1) is 16.3. The number of rotatable bonds is 6. The minimum Gasteiger partial charge on any atom is -0.352 e. The van der Waals surface area contributed by atoms with Crippen molar-refractivity contribution in [2.45, 2.75) is 51.5 Å². The SMILES string of the molecule is O=C(NCCC1=CCCCC1)c1ccc(CN2CCCC2)cc1. The third-order valence-electron chi connectivity index (χ3n) is 4.94. The maximum Gasteiger partial charge on any atom is 0.251 e. The van der Waals surface area contributed by atoms with E-state index in [1.807, 2.05) is 12.1 Å². The van der Waals surface area contributed by atoms with Gasteiger partial charge in [-0.15, -0.1) is 0 Å². The van der Waals surface area contributed by atoms with Gasteiger partial charge in [-0.05, 0) is 75.7 Å². The van der Waals surface area contributed by atoms with E-state index in [1.165, 1.54) is 62.8 Å². The number of hydrogen-bond acceptors (Lipinski definition) is 2. The summed E-state index contributed by atoms with van der Waals surface area (Å²) in [6.07, 6.45) is 11.0. The van der Waals surface area contributed by atoms with E-state index in [2.05, 4.69) is 28.4 Å². The number of nitrogens with one attached hydrogen (secondary N) is 1. The summed E-state index contributed by atoms with van der Waals surface area (Å²) in [7, 11) is 0. The smallest absolute Gasteiger partial charge is 0.251 e. The van der Waals surface area contributed by atoms with E-state index in [0.29, 0.717) is 0 Å². The van der Waals surface area contributed by atoms with Crippen molar-refractivity contribution in [1.82, 2.24) is 10.2 Å². The van der Waals surface area contributed by atoms with Crippen LogP contribution in [0.4, 0.5) is 0 Å². The molecule has 124 valence electrons. The first-order chi connectivity index (χ1) is 11.3. The molecular weight excluding hydrogens is 284 g/mol. The summed E-state index contributed by atoms with van der Waals surface area (Å²) in [4.78, 5) is 14.7. The molecule has 1 aromatic carbocycles. The van der Waals surface area contributed by atoms with Crippen molar-refractivity contribution in [3.63, 3.8) is 0 Å². The zero-order valence-electron chi connectivity index (χ0n) is 14.0. The molecular formula is C20H28N2O. The van der Waals surface area contributed by atoms with Gasteiger partial charge in [0.05, 0.1) is 0 Å². The lowest BCUT2D eigenvalue weighted by molar-refractivity contribution is 0.0954. The predicted octanol–water partition coefficient (Wildman–Crippen LogP) is 3.90. The lowest BCUT2D eigenvalue weighted by atomic mass is 9.97. The second-order valence-corrected chi connectivity index (χ2v) is 6.79. The van der Waals surface area contributed by atoms with Gasteiger partial charge in [0.25, 0.3) is 5.91 Å². The Morgan fingerprint density at radius 2 is 1.83 bits per heavy atom. The Labute approximate surface area is 139 Å². The summed E-state index contributed by atoms with van der Waals surface area (Å²) < 4.78 is 0. The number of amides is 1. The molecule has 1 saturated heterocycles. The van der Waals surface area contributed by atoms with Crippen LogP contribution < -0.4 is 5.32 Å². The molecule has 1 amide bonds. The summed E-state index contributed by atoms with van der Waals surface area (Å²) >= 11 is 0. The average molecular weight is 312 g/mol. The molecule has 1 aliphatic heterocycles. The molecule has 1 fully saturated rings. The van der Waals surface area contributed by atoms with E-state index >= 15 is 0 Å². The highest BCUT2D eigenvalue weighted by Crippen LogP contribution is 2.19. The maximum absolute atomic E-state index is 12.2. The fraction of sp³-hybridized carbons (Fsp3) is 0.550. The molecule has 0 spiro atoms. The van der Waals surface area contributed by atoms with E-state index in [0.717, 1.165) is 25.1 Å². The van der Waals surface area contributed by atoms with Crippen molar-refractivity contribution < 1.29 is 4.79 Å². The molecule has 0 bridgehead atoms. The number of likely N-dealkylation sites (tertiary alicyclic amines) is 1. The Bertz CT molecular complexity index is 541. The first-order valence-corrected chi connectivity index (χ1v) is 9.09. The van der Waals surface area contributed by atoms with Crippen molar-refractivity contribution in [1.29, 1.82) is 0 Å². The molecule has 0 radical (unpaired) electrons. The number of carbonyl (C=O) groups is 1. The van der Waals surface area contributed by atoms with Gasteiger partial charge in [-0.3, -0.25) is 9.69 Å². The Morgan fingerprint density at radius 3 is 2.52 bits per heavy atom. The molecule has 3 nitrogen and oxygen atoms in total. The molecule has 0 aromatic heterocycles. The number of carbonyl (C=O) groups excluding carboxylic acids is 1. The lowest BCUT2D eigenvalue weighted by Gasteiger charge is -2.15. The number of benzene rings is 1. The van der Waals surface area contributed by atoms with Gasteiger partial charge in [0, 0.05) is 18.7 Å². The zero-order valence-corrected chi connectivity index (χ0v) is 14.0. The zero-order chi connectivity index (χ0) is 15.9. The van der Waals surface area contributed by atoms with Crippen molar-refractivity contribution in [3.8, 4) is 0 Å².